The molecule has 0 bridgehead atoms. The van der Waals surface area contributed by atoms with Crippen molar-refractivity contribution in [3.05, 3.63) is 118 Å². The minimum Gasteiger partial charge on any atom is -0.463 e. The first kappa shape index (κ1) is 98.8. The smallest absolute Gasteiger partial charge is 0.410 e. The molecule has 15 atom stereocenters. The van der Waals surface area contributed by atoms with Crippen molar-refractivity contribution in [2.75, 3.05) is 33.6 Å². The summed E-state index contributed by atoms with van der Waals surface area (Å²) in [7, 11) is 0. The van der Waals surface area contributed by atoms with Gasteiger partial charge in [-0.25, -0.2) is 27.2 Å². The summed E-state index contributed by atoms with van der Waals surface area (Å²) in [5, 5.41) is 5.12. The normalized spacial score (nSPS) is 21.0. The molecule has 1 saturated carbocycles. The van der Waals surface area contributed by atoms with Crippen LogP contribution in [-0.4, -0.2) is 245 Å². The maximum absolute atomic E-state index is 15.3. The molecule has 0 spiro atoms. The van der Waals surface area contributed by atoms with E-state index in [-0.39, 0.29) is 87.3 Å². The Morgan fingerprint density at radius 3 is 1.09 bits per heavy atom. The van der Waals surface area contributed by atoms with Crippen molar-refractivity contribution < 1.29 is 121 Å². The third kappa shape index (κ3) is 27.0. The van der Waals surface area contributed by atoms with Gasteiger partial charge in [0.15, 0.2) is 11.6 Å². The molecule has 6 amide bonds. The number of halogens is 4. The molecule has 7 heterocycles. The summed E-state index contributed by atoms with van der Waals surface area (Å²) in [6, 6.07) is 9.26. The molecule has 3 aliphatic heterocycles. The molecule has 4 aromatic carbocycles. The van der Waals surface area contributed by atoms with Crippen molar-refractivity contribution in [1.29, 1.82) is 0 Å². The van der Waals surface area contributed by atoms with Gasteiger partial charge in [0.1, 0.15) is 76.6 Å². The van der Waals surface area contributed by atoms with Gasteiger partial charge < -0.3 is 89.5 Å². The number of rotatable bonds is 30. The zero-order valence-electron chi connectivity index (χ0n) is 88.2. The van der Waals surface area contributed by atoms with E-state index in [0.29, 0.717) is 121 Å². The average molecular weight is 1930 g/mol. The number of aromatic amines is 4. The first-order valence-electron chi connectivity index (χ1n) is 49.9. The summed E-state index contributed by atoms with van der Waals surface area (Å²) in [4.78, 5) is 189. The van der Waals surface area contributed by atoms with Crippen molar-refractivity contribution >= 4 is 121 Å². The summed E-state index contributed by atoms with van der Waals surface area (Å²) in [6.07, 6.45) is -2.56. The van der Waals surface area contributed by atoms with Gasteiger partial charge in [0.05, 0.1) is 60.5 Å². The molecule has 4 aliphatic rings. The highest BCUT2D eigenvalue weighted by atomic mass is 19.1. The van der Waals surface area contributed by atoms with Crippen LogP contribution in [0, 0.1) is 41.0 Å². The molecule has 4 aromatic heterocycles. The number of fused-ring (bicyclic) bond motifs is 4. The van der Waals surface area contributed by atoms with Crippen LogP contribution in [0.2, 0.25) is 0 Å². The third-order valence-corrected chi connectivity index (χ3v) is 25.2. The maximum atomic E-state index is 15.3. The van der Waals surface area contributed by atoms with E-state index in [1.54, 1.807) is 63.8 Å². The van der Waals surface area contributed by atoms with E-state index in [1.165, 1.54) is 128 Å². The molecule has 3 saturated heterocycles. The van der Waals surface area contributed by atoms with Gasteiger partial charge in [-0.3, -0.25) is 57.6 Å². The van der Waals surface area contributed by atoms with Crippen LogP contribution in [-0.2, 0) is 112 Å². The molecule has 36 heteroatoms. The van der Waals surface area contributed by atoms with E-state index in [0.717, 1.165) is 21.9 Å². The number of nitrogens with one attached hydrogen (secondary N) is 5. The standard InChI is InChI=1S/C57H77F2N7O12.C39H47F2N5O6.C6H12O2/c1-15-34(21-48(69)30(3)63(13)54(73)77-56(7,8)9)52(71)65-28-39(75-32(5)67)24-37(65)26-43-41-19-17-35(58)22-46(41)60-49(43)50-44(42-20-18-36(59)23-47(42)61-50)27-38-25-40(76-33(6)68)29-66(38)53(72)45(16-2)62-51(70)31(4)64(14)55(74)78-57(10,11)12;1-5-32(42)38(49)29-17-25(51-19(3)47)11-21(29)12-30-27-9-7-22(40)13-34(27)44-36(30)37-31(28-10-8-23(41)14-35(28)45-37)16-24-15-26(52-20(4)48)18-46(24)39(50)33(43)6-2;1-5(7)8-6(2,3)4/h17-20,22-23,30-31,34,37-40,45,60-61H,15-16,21,24-29H2,1-14H3,(H,62,70);7-10,13-14,21,24-26,29,32-33,44-45H,5-6,11-12,15-18,42-43H2,1-4H3;1-4H3/t30-,31-,34+,37?,38-,39-,40-,45-;21?,24-,25-,26-,29?,32-,33-;/m00./s1/i13D3,14D3;;. The molecule has 0 radical (unpaired) electrons. The van der Waals surface area contributed by atoms with Crippen molar-refractivity contribution in [2.45, 2.75) is 318 Å². The van der Waals surface area contributed by atoms with Gasteiger partial charge in [-0.05, 0) is 241 Å². The van der Waals surface area contributed by atoms with E-state index in [4.69, 9.17) is 52.8 Å². The van der Waals surface area contributed by atoms with E-state index >= 15 is 8.78 Å². The number of ether oxygens (including phenoxy) is 7. The van der Waals surface area contributed by atoms with Gasteiger partial charge >= 0.3 is 42.0 Å². The molecule has 9 N–H and O–H groups in total. The predicted molar refractivity (Wildman–Crippen MR) is 510 cm³/mol. The summed E-state index contributed by atoms with van der Waals surface area (Å²) in [5.41, 5.74) is 16.3. The Morgan fingerprint density at radius 1 is 0.435 bits per heavy atom. The lowest BCUT2D eigenvalue weighted by Crippen LogP contribution is -2.55. The lowest BCUT2D eigenvalue weighted by Gasteiger charge is -2.31. The summed E-state index contributed by atoms with van der Waals surface area (Å²) < 4.78 is 146. The average Bonchev–Trinajstić information content (AvgIpc) is 1.59. The van der Waals surface area contributed by atoms with Crippen LogP contribution in [0.3, 0.4) is 0 Å². The number of hydrogen-bond donors (Lipinski definition) is 7. The fourth-order valence-electron chi connectivity index (χ4n) is 18.9. The predicted octanol–water partition coefficient (Wildman–Crippen LogP) is 14.7. The van der Waals surface area contributed by atoms with E-state index < -0.39 is 199 Å². The SMILES string of the molecule is CC(=O)OC(C)(C)C.CC[C@H](N)C(=O)C1C[C@@H](OC(C)=O)CC1Cc1c(-c2[nH]c3cc(F)ccc3c2C[C@@H]2C[C@H](OC(C)=O)CN2C(=O)[C@@H](N)CC)[nH]c2cc(F)ccc12.[2H]C([2H])([2H])N(C(=O)OC(C)(C)C)[C@@H](C)C(=O)C[C@@H](CC)C(=O)N1C[C@@H](OC(C)=O)CC1Cc1c(-c2[nH]c3cc(F)ccc3c2C[C@@H]2C[C@H](OC(C)=O)CN2C(=O)[C@H](CC)NC(=O)[C@H](C)N(C(=O)OC(C)(C)C)C([2H])([2H])[2H])[nH]c2cc(F)ccc12. The lowest BCUT2D eigenvalue weighted by atomic mass is 9.83. The number of nitrogens with two attached hydrogens (primary N) is 2. The summed E-state index contributed by atoms with van der Waals surface area (Å²) >= 11 is 0. The van der Waals surface area contributed by atoms with E-state index in [2.05, 4.69) is 25.3 Å². The Morgan fingerprint density at radius 2 is 0.775 bits per heavy atom. The molecule has 8 aromatic rings. The monoisotopic (exact) mass is 1930 g/mol. The first-order valence-corrected chi connectivity index (χ1v) is 46.9. The number of likely N-dealkylation sites (tertiary alicyclic amines) is 3. The zero-order chi connectivity index (χ0) is 107. The Balaban J connectivity index is 0.000000300. The van der Waals surface area contributed by atoms with E-state index in [9.17, 15) is 71.1 Å². The maximum Gasteiger partial charge on any atom is 0.410 e. The quantitative estimate of drug-likeness (QED) is 0.0125. The van der Waals surface area contributed by atoms with Gasteiger partial charge in [0.2, 0.25) is 23.6 Å². The van der Waals surface area contributed by atoms with Crippen LogP contribution in [0.15, 0.2) is 72.8 Å². The van der Waals surface area contributed by atoms with Crippen LogP contribution in [0.5, 0.6) is 0 Å². The highest BCUT2D eigenvalue weighted by molar-refractivity contribution is 6.00. The zero-order valence-corrected chi connectivity index (χ0v) is 82.2. The Hall–Kier alpha value is -12.2. The van der Waals surface area contributed by atoms with Crippen molar-refractivity contribution in [2.24, 2.45) is 29.2 Å². The molecule has 4 fully saturated rings. The van der Waals surface area contributed by atoms with Crippen molar-refractivity contribution in [3.8, 4) is 22.8 Å². The largest absolute Gasteiger partial charge is 0.463 e. The minimum absolute atomic E-state index is 0.000218. The molecule has 1 aliphatic carbocycles. The van der Waals surface area contributed by atoms with Crippen molar-refractivity contribution in [3.63, 3.8) is 0 Å². The molecule has 32 nitrogen and oxygen atoms in total. The Labute approximate surface area is 810 Å². The van der Waals surface area contributed by atoms with Crippen LogP contribution in [0.25, 0.3) is 66.4 Å². The number of amides is 6. The minimum atomic E-state index is -3.12. The Kier molecular flexibility index (Phi) is 32.3. The van der Waals surface area contributed by atoms with Crippen molar-refractivity contribution in [1.82, 2.24) is 49.8 Å². The number of carbonyl (C=O) groups is 13. The van der Waals surface area contributed by atoms with Gasteiger partial charge in [-0.1, -0.05) is 27.7 Å². The number of aromatic nitrogens is 4. The molecular formula is C102H136F4N12O20. The summed E-state index contributed by atoms with van der Waals surface area (Å²) in [5.74, 6) is -9.36. The molecular weight excluding hydrogens is 1790 g/mol. The first-order chi connectivity index (χ1) is 67.0. The fraction of sp³-hybridized carbons (Fsp3) is 0.559. The highest BCUT2D eigenvalue weighted by Crippen LogP contribution is 2.46. The number of H-pyrrole nitrogens is 4. The number of hydrogen-bond acceptors (Lipinski definition) is 22. The number of ketones is 2. The third-order valence-electron chi connectivity index (χ3n) is 25.2. The number of benzene rings is 4. The van der Waals surface area contributed by atoms with E-state index in [1.807, 2.05) is 34.6 Å². The number of likely N-dealkylation sites (N-methyl/N-ethyl adjacent to an activating group) is 2. The van der Waals surface area contributed by atoms with Gasteiger partial charge in [0.25, 0.3) is 0 Å². The second-order valence-corrected chi connectivity index (χ2v) is 39.3. The summed E-state index contributed by atoms with van der Waals surface area (Å²) in [6.45, 7) is 24.4. The topological polar surface area (TPSA) is 430 Å². The number of Topliss-reactive ketones (excluding diaryl/α,β-unsaturated/α-hetero) is 2. The van der Waals surface area contributed by atoms with Crippen LogP contribution in [0.1, 0.15) is 233 Å². The van der Waals surface area contributed by atoms with Crippen LogP contribution < -0.4 is 16.8 Å². The fourth-order valence-corrected chi connectivity index (χ4v) is 18.9. The highest BCUT2D eigenvalue weighted by Gasteiger charge is 2.47. The number of carbonyl (C=O) groups excluding carboxylic acids is 13. The number of nitrogens with zero attached hydrogens (tertiary/aromatic N) is 5. The second kappa shape index (κ2) is 45.2. The van der Waals surface area contributed by atoms with Crippen LogP contribution >= 0.6 is 0 Å². The molecule has 12 rings (SSSR count). The molecule has 138 heavy (non-hydrogen) atoms. The van der Waals surface area contributed by atoms with Gasteiger partial charge in [0, 0.05) is 156 Å². The molecule has 752 valence electrons. The Bertz CT molecular complexity index is 5750. The van der Waals surface area contributed by atoms with Gasteiger partial charge in [-0.2, -0.15) is 0 Å². The lowest BCUT2D eigenvalue weighted by molar-refractivity contribution is -0.152. The van der Waals surface area contributed by atoms with Gasteiger partial charge in [-0.15, -0.1) is 0 Å². The molecule has 3 unspecified atom stereocenters. The second-order valence-electron chi connectivity index (χ2n) is 39.3. The number of esters is 5. The van der Waals surface area contributed by atoms with Crippen LogP contribution in [0.4, 0.5) is 27.2 Å².